The van der Waals surface area contributed by atoms with E-state index in [9.17, 15) is 4.79 Å². The van der Waals surface area contributed by atoms with Gasteiger partial charge in [0, 0.05) is 13.1 Å². The largest absolute Gasteiger partial charge is 0.390 e. The van der Waals surface area contributed by atoms with Crippen molar-refractivity contribution in [2.75, 3.05) is 13.1 Å². The molecule has 2 N–H and O–H groups in total. The number of aromatic amines is 1. The van der Waals surface area contributed by atoms with Gasteiger partial charge < -0.3 is 10.1 Å². The summed E-state index contributed by atoms with van der Waals surface area (Å²) in [7, 11) is 0. The van der Waals surface area contributed by atoms with E-state index in [0.29, 0.717) is 30.2 Å². The lowest BCUT2D eigenvalue weighted by molar-refractivity contribution is -0.00425. The van der Waals surface area contributed by atoms with E-state index < -0.39 is 0 Å². The van der Waals surface area contributed by atoms with Crippen molar-refractivity contribution in [1.29, 1.82) is 0 Å². The van der Waals surface area contributed by atoms with Crippen LogP contribution in [0.2, 0.25) is 0 Å². The van der Waals surface area contributed by atoms with Gasteiger partial charge in [0.2, 0.25) is 0 Å². The highest BCUT2D eigenvalue weighted by atomic mass is 32.1. The predicted molar refractivity (Wildman–Crippen MR) is 61.5 cm³/mol. The van der Waals surface area contributed by atoms with E-state index in [4.69, 9.17) is 5.11 Å². The van der Waals surface area contributed by atoms with Gasteiger partial charge in [-0.15, -0.1) is 11.3 Å². The quantitative estimate of drug-likeness (QED) is 0.780. The molecule has 16 heavy (non-hydrogen) atoms. The standard InChI is InChI=1S/C10H11N3O2S/c14-6-3-13(4-6)5-8-11-7-1-2-16-9(7)10(15)12-8/h1-2,6,14H,3-5H2,(H,11,12,15). The molecule has 0 aliphatic carbocycles. The number of aromatic nitrogens is 2. The van der Waals surface area contributed by atoms with Crippen molar-refractivity contribution in [3.05, 3.63) is 27.6 Å². The maximum absolute atomic E-state index is 11.7. The van der Waals surface area contributed by atoms with Crippen LogP contribution in [0.3, 0.4) is 0 Å². The summed E-state index contributed by atoms with van der Waals surface area (Å²) >= 11 is 1.40. The van der Waals surface area contributed by atoms with Crippen molar-refractivity contribution in [1.82, 2.24) is 14.9 Å². The Balaban J connectivity index is 1.89. The number of hydrogen-bond donors (Lipinski definition) is 2. The summed E-state index contributed by atoms with van der Waals surface area (Å²) < 4.78 is 0.674. The number of rotatable bonds is 2. The molecular weight excluding hydrogens is 226 g/mol. The van der Waals surface area contributed by atoms with Crippen LogP contribution in [0, 0.1) is 0 Å². The zero-order valence-corrected chi connectivity index (χ0v) is 9.33. The molecule has 0 bridgehead atoms. The number of aliphatic hydroxyl groups excluding tert-OH is 1. The first kappa shape index (κ1) is 9.95. The molecule has 0 radical (unpaired) electrons. The molecule has 3 rings (SSSR count). The van der Waals surface area contributed by atoms with E-state index in [0.717, 1.165) is 5.52 Å². The Kier molecular flexibility index (Phi) is 2.27. The molecule has 0 atom stereocenters. The molecule has 1 aliphatic heterocycles. The molecule has 1 saturated heterocycles. The molecular formula is C10H11N3O2S. The molecule has 0 saturated carbocycles. The Hall–Kier alpha value is -1.24. The predicted octanol–water partition coefficient (Wildman–Crippen LogP) is 0.161. The molecule has 5 nitrogen and oxygen atoms in total. The van der Waals surface area contributed by atoms with Crippen molar-refractivity contribution in [3.8, 4) is 0 Å². The van der Waals surface area contributed by atoms with Crippen LogP contribution < -0.4 is 5.56 Å². The highest BCUT2D eigenvalue weighted by Gasteiger charge is 2.24. The average Bonchev–Trinajstić information content (AvgIpc) is 2.63. The number of nitrogens with zero attached hydrogens (tertiary/aromatic N) is 2. The fraction of sp³-hybridized carbons (Fsp3) is 0.400. The molecule has 1 fully saturated rings. The lowest BCUT2D eigenvalue weighted by atomic mass is 10.2. The van der Waals surface area contributed by atoms with Crippen LogP contribution in [0.5, 0.6) is 0 Å². The van der Waals surface area contributed by atoms with Gasteiger partial charge in [-0.2, -0.15) is 0 Å². The Morgan fingerprint density at radius 1 is 1.62 bits per heavy atom. The first-order valence-corrected chi connectivity index (χ1v) is 5.97. The first-order chi connectivity index (χ1) is 7.72. The Morgan fingerprint density at radius 3 is 3.19 bits per heavy atom. The lowest BCUT2D eigenvalue weighted by Crippen LogP contribution is -2.50. The summed E-state index contributed by atoms with van der Waals surface area (Å²) in [4.78, 5) is 20.8. The third-order valence-corrected chi connectivity index (χ3v) is 3.58. The van der Waals surface area contributed by atoms with E-state index >= 15 is 0 Å². The number of β-amino-alcohol motifs (C(OH)–C–C–N with tert-alkyl or cyclic N) is 1. The van der Waals surface area contributed by atoms with Crippen LogP contribution >= 0.6 is 11.3 Å². The molecule has 0 aromatic carbocycles. The highest BCUT2D eigenvalue weighted by Crippen LogP contribution is 2.15. The summed E-state index contributed by atoms with van der Waals surface area (Å²) in [5, 5.41) is 11.0. The maximum atomic E-state index is 11.7. The first-order valence-electron chi connectivity index (χ1n) is 5.09. The van der Waals surface area contributed by atoms with Crippen molar-refractivity contribution < 1.29 is 5.11 Å². The van der Waals surface area contributed by atoms with Crippen molar-refractivity contribution in [2.24, 2.45) is 0 Å². The average molecular weight is 237 g/mol. The minimum absolute atomic E-state index is 0.0731. The Morgan fingerprint density at radius 2 is 2.44 bits per heavy atom. The number of H-pyrrole nitrogens is 1. The Bertz CT molecular complexity index is 571. The molecule has 3 heterocycles. The molecule has 84 valence electrons. The van der Waals surface area contributed by atoms with Gasteiger partial charge >= 0.3 is 0 Å². The summed E-state index contributed by atoms with van der Waals surface area (Å²) in [6.45, 7) is 1.91. The van der Waals surface area contributed by atoms with Crippen molar-refractivity contribution in [3.63, 3.8) is 0 Å². The van der Waals surface area contributed by atoms with E-state index in [1.165, 1.54) is 11.3 Å². The molecule has 2 aromatic heterocycles. The van der Waals surface area contributed by atoms with Crippen LogP contribution in [0.15, 0.2) is 16.2 Å². The van der Waals surface area contributed by atoms with E-state index in [2.05, 4.69) is 9.97 Å². The molecule has 1 aliphatic rings. The topological polar surface area (TPSA) is 69.2 Å². The van der Waals surface area contributed by atoms with Gasteiger partial charge in [-0.25, -0.2) is 4.98 Å². The summed E-state index contributed by atoms with van der Waals surface area (Å²) in [5.41, 5.74) is 0.681. The third-order valence-electron chi connectivity index (χ3n) is 2.68. The van der Waals surface area contributed by atoms with Gasteiger partial charge in [0.05, 0.1) is 18.2 Å². The van der Waals surface area contributed by atoms with Gasteiger partial charge in [-0.3, -0.25) is 9.69 Å². The number of hydrogen-bond acceptors (Lipinski definition) is 5. The van der Waals surface area contributed by atoms with Gasteiger partial charge in [0.15, 0.2) is 0 Å². The SMILES string of the molecule is O=c1[nH]c(CN2CC(O)C2)nc2ccsc12. The fourth-order valence-electron chi connectivity index (χ4n) is 1.88. The lowest BCUT2D eigenvalue weighted by Gasteiger charge is -2.35. The molecule has 6 heteroatoms. The van der Waals surface area contributed by atoms with Gasteiger partial charge in [-0.05, 0) is 11.4 Å². The summed E-state index contributed by atoms with van der Waals surface area (Å²) in [6, 6.07) is 1.85. The fourth-order valence-corrected chi connectivity index (χ4v) is 2.61. The van der Waals surface area contributed by atoms with Crippen molar-refractivity contribution in [2.45, 2.75) is 12.6 Å². The minimum Gasteiger partial charge on any atom is -0.390 e. The van der Waals surface area contributed by atoms with E-state index in [1.807, 2.05) is 16.3 Å². The number of likely N-dealkylation sites (tertiary alicyclic amines) is 1. The molecule has 0 spiro atoms. The number of thiophene rings is 1. The van der Waals surface area contributed by atoms with Crippen LogP contribution in [0.4, 0.5) is 0 Å². The Labute approximate surface area is 95.4 Å². The number of fused-ring (bicyclic) bond motifs is 1. The zero-order chi connectivity index (χ0) is 11.1. The van der Waals surface area contributed by atoms with Gasteiger partial charge in [0.1, 0.15) is 10.5 Å². The highest BCUT2D eigenvalue weighted by molar-refractivity contribution is 7.17. The van der Waals surface area contributed by atoms with Gasteiger partial charge in [0.25, 0.3) is 5.56 Å². The third kappa shape index (κ3) is 1.64. The molecule has 0 amide bonds. The summed E-state index contributed by atoms with van der Waals surface area (Å²) in [6.07, 6.45) is -0.225. The van der Waals surface area contributed by atoms with Crippen LogP contribution in [-0.4, -0.2) is 39.2 Å². The monoisotopic (exact) mass is 237 g/mol. The van der Waals surface area contributed by atoms with E-state index in [-0.39, 0.29) is 11.7 Å². The number of nitrogens with one attached hydrogen (secondary N) is 1. The van der Waals surface area contributed by atoms with Crippen LogP contribution in [0.1, 0.15) is 5.82 Å². The second-order valence-electron chi connectivity index (χ2n) is 4.00. The number of aliphatic hydroxyl groups is 1. The maximum Gasteiger partial charge on any atom is 0.268 e. The van der Waals surface area contributed by atoms with Crippen LogP contribution in [0.25, 0.3) is 10.2 Å². The summed E-state index contributed by atoms with van der Waals surface area (Å²) in [5.74, 6) is 0.669. The second-order valence-corrected chi connectivity index (χ2v) is 4.91. The molecule has 2 aromatic rings. The van der Waals surface area contributed by atoms with Gasteiger partial charge in [-0.1, -0.05) is 0 Å². The van der Waals surface area contributed by atoms with E-state index in [1.54, 1.807) is 0 Å². The second kappa shape index (κ2) is 3.65. The minimum atomic E-state index is -0.225. The smallest absolute Gasteiger partial charge is 0.268 e. The van der Waals surface area contributed by atoms with Crippen LogP contribution in [-0.2, 0) is 6.54 Å². The molecule has 0 unspecified atom stereocenters. The zero-order valence-electron chi connectivity index (χ0n) is 8.51. The normalized spacial score (nSPS) is 17.8. The van der Waals surface area contributed by atoms with Crippen molar-refractivity contribution >= 4 is 21.6 Å².